The molecule has 2 aromatic carbocycles. The maximum atomic E-state index is 12.4. The van der Waals surface area contributed by atoms with Gasteiger partial charge in [-0.3, -0.25) is 10.1 Å². The van der Waals surface area contributed by atoms with Crippen molar-refractivity contribution >= 4 is 74.0 Å². The normalized spacial score (nSPS) is 11.1. The Hall–Kier alpha value is -3.14. The molecule has 0 aliphatic carbocycles. The molecule has 0 saturated heterocycles. The molecule has 1 amide bonds. The van der Waals surface area contributed by atoms with Gasteiger partial charge in [-0.1, -0.05) is 62.9 Å². The molecule has 2 aromatic heterocycles. The molecule has 0 radical (unpaired) electrons. The summed E-state index contributed by atoms with van der Waals surface area (Å²) in [7, 11) is 1.61. The third kappa shape index (κ3) is 7.43. The molecule has 11 nitrogen and oxygen atoms in total. The van der Waals surface area contributed by atoms with Gasteiger partial charge in [0, 0.05) is 10.2 Å². The molecule has 15 heteroatoms. The summed E-state index contributed by atoms with van der Waals surface area (Å²) in [6, 6.07) is 15.4. The van der Waals surface area contributed by atoms with Crippen LogP contribution >= 0.6 is 50.8 Å². The van der Waals surface area contributed by atoms with Crippen LogP contribution in [0.5, 0.6) is 5.75 Å². The summed E-state index contributed by atoms with van der Waals surface area (Å²) >= 11 is 7.48. The Morgan fingerprint density at radius 1 is 1.19 bits per heavy atom. The van der Waals surface area contributed by atoms with Crippen molar-refractivity contribution in [2.75, 3.05) is 29.4 Å². The quantitative estimate of drug-likeness (QED) is 0.0751. The van der Waals surface area contributed by atoms with Crippen LogP contribution in [-0.2, 0) is 10.5 Å². The van der Waals surface area contributed by atoms with Crippen LogP contribution in [0.3, 0.4) is 0 Å². The number of thioether (sulfide) groups is 2. The number of nitrogens with one attached hydrogen (secondary N) is 2. The third-order valence-electron chi connectivity index (χ3n) is 4.40. The van der Waals surface area contributed by atoms with E-state index in [0.29, 0.717) is 10.3 Å². The highest BCUT2D eigenvalue weighted by Gasteiger charge is 2.14. The van der Waals surface area contributed by atoms with Crippen molar-refractivity contribution in [3.05, 3.63) is 64.1 Å². The Bertz CT molecular complexity index is 1340. The number of amides is 1. The van der Waals surface area contributed by atoms with E-state index >= 15 is 0 Å². The fourth-order valence-electron chi connectivity index (χ4n) is 2.68. The molecule has 0 spiro atoms. The number of ether oxygens (including phenoxy) is 1. The molecule has 0 bridgehead atoms. The lowest BCUT2D eigenvalue weighted by molar-refractivity contribution is -0.113. The van der Waals surface area contributed by atoms with Crippen molar-refractivity contribution in [3.63, 3.8) is 0 Å². The van der Waals surface area contributed by atoms with Gasteiger partial charge in [-0.05, 0) is 47.5 Å². The smallest absolute Gasteiger partial charge is 0.264 e. The first-order valence-corrected chi connectivity index (χ1v) is 13.9. The Balaban J connectivity index is 1.23. The highest BCUT2D eigenvalue weighted by molar-refractivity contribution is 9.10. The number of nitrogens with zero attached hydrogens (tertiary/aromatic N) is 6. The Kier molecular flexibility index (Phi) is 9.16. The van der Waals surface area contributed by atoms with E-state index in [2.05, 4.69) is 58.2 Å². The zero-order valence-corrected chi connectivity index (χ0v) is 22.8. The SMILES string of the molecule is COc1ccc(/C=N/Nc2nnc(SCC(=O)Nc3nnc(SCc4cccc(Br)c4)s3)n2N)cc1. The molecule has 0 aliphatic heterocycles. The zero-order chi connectivity index (χ0) is 25.3. The molecule has 4 rings (SSSR count). The van der Waals surface area contributed by atoms with Crippen molar-refractivity contribution in [3.8, 4) is 5.75 Å². The van der Waals surface area contributed by atoms with E-state index < -0.39 is 0 Å². The molecule has 0 aliphatic rings. The van der Waals surface area contributed by atoms with Gasteiger partial charge < -0.3 is 10.6 Å². The van der Waals surface area contributed by atoms with Gasteiger partial charge in [-0.2, -0.15) is 5.10 Å². The summed E-state index contributed by atoms with van der Waals surface area (Å²) in [5.41, 5.74) is 4.76. The number of halogens is 1. The summed E-state index contributed by atoms with van der Waals surface area (Å²) in [5.74, 6) is 7.58. The molecule has 4 aromatic rings. The average Bonchev–Trinajstić information content (AvgIpc) is 3.48. The number of hydrogen-bond acceptors (Lipinski definition) is 12. The van der Waals surface area contributed by atoms with E-state index in [1.807, 2.05) is 42.5 Å². The van der Waals surface area contributed by atoms with Crippen molar-refractivity contribution in [1.82, 2.24) is 25.1 Å². The van der Waals surface area contributed by atoms with E-state index in [9.17, 15) is 4.79 Å². The van der Waals surface area contributed by atoms with Crippen molar-refractivity contribution in [2.45, 2.75) is 15.2 Å². The zero-order valence-electron chi connectivity index (χ0n) is 18.8. The molecule has 0 fully saturated rings. The highest BCUT2D eigenvalue weighted by atomic mass is 79.9. The van der Waals surface area contributed by atoms with Gasteiger partial charge in [0.05, 0.1) is 19.1 Å². The Morgan fingerprint density at radius 2 is 2.03 bits per heavy atom. The second kappa shape index (κ2) is 12.7. The second-order valence-electron chi connectivity index (χ2n) is 6.95. The minimum Gasteiger partial charge on any atom is -0.497 e. The number of nitrogen functional groups attached to an aromatic ring is 1. The summed E-state index contributed by atoms with van der Waals surface area (Å²) in [5, 5.41) is 23.8. The maximum Gasteiger partial charge on any atom is 0.264 e. The lowest BCUT2D eigenvalue weighted by Gasteiger charge is -2.03. The standard InChI is InChI=1S/C21H20BrN9O2S3/c1-33-16-7-5-13(6-8-16)10-24-26-18-27-29-20(31(18)23)34-12-17(32)25-19-28-30-21(36-19)35-11-14-3-2-4-15(22)9-14/h2-10H,11-12,23H2,1H3,(H,26,27)(H,25,28,32)/b24-10+. The number of rotatable bonds is 11. The molecule has 2 heterocycles. The first-order chi connectivity index (χ1) is 17.5. The largest absolute Gasteiger partial charge is 0.497 e. The van der Waals surface area contributed by atoms with Gasteiger partial charge in [0.2, 0.25) is 16.2 Å². The van der Waals surface area contributed by atoms with Crippen LogP contribution in [0.4, 0.5) is 11.1 Å². The summed E-state index contributed by atoms with van der Waals surface area (Å²) in [6.45, 7) is 0. The molecule has 4 N–H and O–H groups in total. The van der Waals surface area contributed by atoms with Gasteiger partial charge in [0.25, 0.3) is 5.95 Å². The number of carbonyl (C=O) groups excluding carboxylic acids is 1. The van der Waals surface area contributed by atoms with Crippen LogP contribution in [0.15, 0.2) is 67.6 Å². The minimum absolute atomic E-state index is 0.0740. The molecular formula is C21H20BrN9O2S3. The number of carbonyl (C=O) groups is 1. The lowest BCUT2D eigenvalue weighted by Crippen LogP contribution is -2.16. The van der Waals surface area contributed by atoms with Crippen molar-refractivity contribution in [1.29, 1.82) is 0 Å². The first-order valence-electron chi connectivity index (χ1n) is 10.3. The summed E-state index contributed by atoms with van der Waals surface area (Å²) < 4.78 is 8.15. The van der Waals surface area contributed by atoms with E-state index in [0.717, 1.165) is 43.2 Å². The van der Waals surface area contributed by atoms with Gasteiger partial charge in [0.15, 0.2) is 4.34 Å². The Morgan fingerprint density at radius 3 is 2.81 bits per heavy atom. The van der Waals surface area contributed by atoms with Crippen LogP contribution in [0.1, 0.15) is 11.1 Å². The van der Waals surface area contributed by atoms with Crippen LogP contribution in [0.25, 0.3) is 0 Å². The predicted molar refractivity (Wildman–Crippen MR) is 147 cm³/mol. The minimum atomic E-state index is -0.255. The van der Waals surface area contributed by atoms with Crippen LogP contribution in [0.2, 0.25) is 0 Å². The molecular weight excluding hydrogens is 586 g/mol. The van der Waals surface area contributed by atoms with Gasteiger partial charge in [0.1, 0.15) is 5.75 Å². The fourth-order valence-corrected chi connectivity index (χ4v) is 5.50. The monoisotopic (exact) mass is 605 g/mol. The van der Waals surface area contributed by atoms with Gasteiger partial charge in [-0.15, -0.1) is 20.4 Å². The summed E-state index contributed by atoms with van der Waals surface area (Å²) in [4.78, 5) is 12.4. The maximum absolute atomic E-state index is 12.4. The first kappa shape index (κ1) is 25.9. The van der Waals surface area contributed by atoms with Gasteiger partial charge >= 0.3 is 0 Å². The lowest BCUT2D eigenvalue weighted by atomic mass is 10.2. The van der Waals surface area contributed by atoms with E-state index in [4.69, 9.17) is 10.6 Å². The molecule has 0 saturated carbocycles. The number of benzene rings is 2. The Labute approximate surface area is 227 Å². The molecule has 36 heavy (non-hydrogen) atoms. The molecule has 0 unspecified atom stereocenters. The second-order valence-corrected chi connectivity index (χ2v) is 11.0. The number of nitrogens with two attached hydrogens (primary N) is 1. The van der Waals surface area contributed by atoms with Crippen LogP contribution < -0.4 is 21.3 Å². The predicted octanol–water partition coefficient (Wildman–Crippen LogP) is 4.08. The fraction of sp³-hybridized carbons (Fsp3) is 0.143. The van der Waals surface area contributed by atoms with E-state index in [-0.39, 0.29) is 17.6 Å². The van der Waals surface area contributed by atoms with Crippen LogP contribution in [-0.4, -0.2) is 50.1 Å². The highest BCUT2D eigenvalue weighted by Crippen LogP contribution is 2.29. The molecule has 0 atom stereocenters. The third-order valence-corrected chi connectivity index (χ3v) is 7.87. The summed E-state index contributed by atoms with van der Waals surface area (Å²) in [6.07, 6.45) is 1.61. The van der Waals surface area contributed by atoms with E-state index in [1.54, 1.807) is 25.1 Å². The average molecular weight is 607 g/mol. The number of methoxy groups -OCH3 is 1. The number of aromatic nitrogens is 5. The number of hydrazone groups is 1. The topological polar surface area (TPSA) is 145 Å². The number of anilines is 2. The van der Waals surface area contributed by atoms with Gasteiger partial charge in [-0.25, -0.2) is 10.1 Å². The number of hydrogen-bond donors (Lipinski definition) is 3. The van der Waals surface area contributed by atoms with Crippen molar-refractivity contribution in [2.24, 2.45) is 5.10 Å². The van der Waals surface area contributed by atoms with Crippen molar-refractivity contribution < 1.29 is 9.53 Å². The molecule has 186 valence electrons. The van der Waals surface area contributed by atoms with E-state index in [1.165, 1.54) is 16.0 Å². The van der Waals surface area contributed by atoms with Crippen LogP contribution in [0, 0.1) is 0 Å².